The summed E-state index contributed by atoms with van der Waals surface area (Å²) in [5.74, 6) is 0.416. The predicted molar refractivity (Wildman–Crippen MR) is 155 cm³/mol. The summed E-state index contributed by atoms with van der Waals surface area (Å²) in [6.07, 6.45) is 3.28. The van der Waals surface area contributed by atoms with Crippen molar-refractivity contribution in [2.24, 2.45) is 0 Å². The van der Waals surface area contributed by atoms with E-state index < -0.39 is 33.4 Å². The number of pyridine rings is 1. The highest BCUT2D eigenvalue weighted by Crippen LogP contribution is 2.31. The van der Waals surface area contributed by atoms with Crippen LogP contribution in [0.15, 0.2) is 59.9 Å². The highest BCUT2D eigenvalue weighted by atomic mass is 32.2. The monoisotopic (exact) mass is 582 g/mol. The molecule has 41 heavy (non-hydrogen) atoms. The molecule has 0 bridgehead atoms. The molecule has 3 aromatic heterocycles. The van der Waals surface area contributed by atoms with Gasteiger partial charge in [-0.2, -0.15) is 9.78 Å². The number of aromatic nitrogens is 4. The van der Waals surface area contributed by atoms with Crippen LogP contribution in [0.1, 0.15) is 41.5 Å². The lowest BCUT2D eigenvalue weighted by atomic mass is 10.2. The summed E-state index contributed by atoms with van der Waals surface area (Å²) in [7, 11) is -0.624. The number of nitrogens with zero attached hydrogens (tertiary/aromatic N) is 5. The molecule has 3 heterocycles. The number of fused-ring (bicyclic) bond motifs is 1. The summed E-state index contributed by atoms with van der Waals surface area (Å²) >= 11 is 0. The molecule has 0 fully saturated rings. The van der Waals surface area contributed by atoms with Gasteiger partial charge in [-0.1, -0.05) is 0 Å². The fraction of sp³-hybridized carbons (Fsp3) is 0.357. The number of carbonyl (C=O) groups excluding carboxylic acids is 2. The quantitative estimate of drug-likeness (QED) is 0.325. The number of nitrogens with one attached hydrogen (secondary N) is 1. The van der Waals surface area contributed by atoms with Crippen LogP contribution in [0.2, 0.25) is 0 Å². The SMILES string of the molecule is CN(C)S(=O)(=O)c1ccc(Nc2cc3c(cn2)cc(-c2cnn(C(=O)OC(C)(C)C)c2)n3C(=O)OC(C)(C)C)cc1. The summed E-state index contributed by atoms with van der Waals surface area (Å²) in [6.45, 7) is 10.6. The van der Waals surface area contributed by atoms with E-state index in [-0.39, 0.29) is 4.90 Å². The molecule has 13 heteroatoms. The van der Waals surface area contributed by atoms with Crippen LogP contribution >= 0.6 is 0 Å². The minimum atomic E-state index is -3.56. The maximum atomic E-state index is 13.4. The van der Waals surface area contributed by atoms with E-state index in [4.69, 9.17) is 9.47 Å². The molecule has 4 rings (SSSR count). The summed E-state index contributed by atoms with van der Waals surface area (Å²) in [6, 6.07) is 9.70. The number of hydrogen-bond donors (Lipinski definition) is 1. The Hall–Kier alpha value is -4.23. The lowest BCUT2D eigenvalue weighted by Gasteiger charge is -2.21. The summed E-state index contributed by atoms with van der Waals surface area (Å²) in [4.78, 5) is 30.6. The summed E-state index contributed by atoms with van der Waals surface area (Å²) in [5.41, 5.74) is 0.567. The molecule has 0 unspecified atom stereocenters. The van der Waals surface area contributed by atoms with E-state index in [2.05, 4.69) is 15.4 Å². The van der Waals surface area contributed by atoms with Gasteiger partial charge in [-0.05, 0) is 71.9 Å². The van der Waals surface area contributed by atoms with E-state index in [9.17, 15) is 18.0 Å². The molecule has 0 saturated heterocycles. The third kappa shape index (κ3) is 6.74. The number of carbonyl (C=O) groups is 2. The minimum Gasteiger partial charge on any atom is -0.443 e. The molecule has 0 aliphatic rings. The Morgan fingerprint density at radius 1 is 0.902 bits per heavy atom. The number of sulfonamides is 1. The molecular formula is C28H34N6O6S. The van der Waals surface area contributed by atoms with Crippen molar-refractivity contribution in [1.82, 2.24) is 23.6 Å². The molecule has 0 saturated carbocycles. The Bertz CT molecular complexity index is 1710. The zero-order chi connectivity index (χ0) is 30.3. The number of anilines is 2. The lowest BCUT2D eigenvalue weighted by molar-refractivity contribution is 0.0512. The Labute approximate surface area is 238 Å². The molecule has 0 aliphatic carbocycles. The first-order valence-electron chi connectivity index (χ1n) is 12.8. The van der Waals surface area contributed by atoms with Gasteiger partial charge in [0, 0.05) is 49.2 Å². The van der Waals surface area contributed by atoms with Crippen LogP contribution in [-0.2, 0) is 19.5 Å². The van der Waals surface area contributed by atoms with Gasteiger partial charge in [0.1, 0.15) is 17.0 Å². The zero-order valence-corrected chi connectivity index (χ0v) is 25.1. The molecule has 0 spiro atoms. The van der Waals surface area contributed by atoms with E-state index in [1.807, 2.05) is 0 Å². The maximum absolute atomic E-state index is 13.4. The molecule has 1 N–H and O–H groups in total. The van der Waals surface area contributed by atoms with Crippen molar-refractivity contribution < 1.29 is 27.5 Å². The first kappa shape index (κ1) is 29.7. The Balaban J connectivity index is 1.73. The van der Waals surface area contributed by atoms with Gasteiger partial charge >= 0.3 is 12.2 Å². The second-order valence-electron chi connectivity index (χ2n) is 11.6. The van der Waals surface area contributed by atoms with Gasteiger partial charge in [-0.25, -0.2) is 31.9 Å². The topological polar surface area (TPSA) is 138 Å². The molecule has 0 radical (unpaired) electrons. The van der Waals surface area contributed by atoms with Crippen molar-refractivity contribution in [3.8, 4) is 11.3 Å². The largest absolute Gasteiger partial charge is 0.443 e. The number of hydrogen-bond acceptors (Lipinski definition) is 9. The molecule has 1 aromatic carbocycles. The summed E-state index contributed by atoms with van der Waals surface area (Å²) in [5, 5.41) is 7.93. The van der Waals surface area contributed by atoms with E-state index in [0.717, 1.165) is 8.99 Å². The summed E-state index contributed by atoms with van der Waals surface area (Å²) < 4.78 is 39.5. The first-order chi connectivity index (χ1) is 18.9. The molecule has 218 valence electrons. The molecular weight excluding hydrogens is 548 g/mol. The van der Waals surface area contributed by atoms with Crippen molar-refractivity contribution >= 4 is 44.6 Å². The molecule has 12 nitrogen and oxygen atoms in total. The van der Waals surface area contributed by atoms with E-state index in [0.29, 0.717) is 33.7 Å². The van der Waals surface area contributed by atoms with Gasteiger partial charge in [0.25, 0.3) is 0 Å². The van der Waals surface area contributed by atoms with Gasteiger partial charge in [0.15, 0.2) is 0 Å². The lowest BCUT2D eigenvalue weighted by Crippen LogP contribution is -2.27. The van der Waals surface area contributed by atoms with Gasteiger partial charge < -0.3 is 14.8 Å². The Morgan fingerprint density at radius 2 is 1.51 bits per heavy atom. The third-order valence-corrected chi connectivity index (χ3v) is 7.46. The average molecular weight is 583 g/mol. The van der Waals surface area contributed by atoms with Crippen molar-refractivity contribution in [3.05, 3.63) is 55.0 Å². The van der Waals surface area contributed by atoms with Crippen molar-refractivity contribution in [2.45, 2.75) is 57.6 Å². The van der Waals surface area contributed by atoms with Crippen molar-refractivity contribution in [2.75, 3.05) is 19.4 Å². The van der Waals surface area contributed by atoms with Crippen LogP contribution in [0.5, 0.6) is 0 Å². The highest BCUT2D eigenvalue weighted by Gasteiger charge is 2.25. The second kappa shape index (κ2) is 10.6. The highest BCUT2D eigenvalue weighted by molar-refractivity contribution is 7.89. The second-order valence-corrected chi connectivity index (χ2v) is 13.7. The van der Waals surface area contributed by atoms with Crippen LogP contribution in [-0.4, -0.2) is 69.5 Å². The van der Waals surface area contributed by atoms with Crippen molar-refractivity contribution in [3.63, 3.8) is 0 Å². The number of ether oxygens (including phenoxy) is 2. The number of benzene rings is 1. The predicted octanol–water partition coefficient (Wildman–Crippen LogP) is 5.46. The minimum absolute atomic E-state index is 0.159. The normalized spacial score (nSPS) is 12.5. The number of rotatable bonds is 5. The van der Waals surface area contributed by atoms with Gasteiger partial charge in [-0.15, -0.1) is 0 Å². The van der Waals surface area contributed by atoms with Crippen LogP contribution < -0.4 is 5.32 Å². The van der Waals surface area contributed by atoms with Gasteiger partial charge in [-0.3, -0.25) is 0 Å². The van der Waals surface area contributed by atoms with Gasteiger partial charge in [0.05, 0.1) is 22.3 Å². The van der Waals surface area contributed by atoms with E-state index in [1.54, 1.807) is 72.0 Å². The average Bonchev–Trinajstić information content (AvgIpc) is 3.47. The van der Waals surface area contributed by atoms with Crippen LogP contribution in [0, 0.1) is 0 Å². The van der Waals surface area contributed by atoms with Gasteiger partial charge in [0.2, 0.25) is 10.0 Å². The van der Waals surface area contributed by atoms with Crippen LogP contribution in [0.25, 0.3) is 22.2 Å². The fourth-order valence-corrected chi connectivity index (χ4v) is 4.72. The Morgan fingerprint density at radius 3 is 2.10 bits per heavy atom. The molecule has 0 aliphatic heterocycles. The third-order valence-electron chi connectivity index (χ3n) is 5.63. The van der Waals surface area contributed by atoms with E-state index >= 15 is 0 Å². The molecule has 0 atom stereocenters. The van der Waals surface area contributed by atoms with Crippen LogP contribution in [0.4, 0.5) is 21.1 Å². The standard InChI is InChI=1S/C28H34N6O6S/c1-27(2,3)39-25(35)33-17-19(16-30-33)22-13-18-15-29-24(14-23(18)34(22)26(36)40-28(4,5)6)31-20-9-11-21(12-10-20)41(37,38)32(7)8/h9-17H,1-8H3,(H,29,31). The van der Waals surface area contributed by atoms with Crippen LogP contribution in [0.3, 0.4) is 0 Å². The smallest absolute Gasteiger partial charge is 0.435 e. The maximum Gasteiger partial charge on any atom is 0.435 e. The van der Waals surface area contributed by atoms with E-state index in [1.165, 1.54) is 43.2 Å². The molecule has 4 aromatic rings. The zero-order valence-electron chi connectivity index (χ0n) is 24.3. The van der Waals surface area contributed by atoms with Crippen molar-refractivity contribution in [1.29, 1.82) is 0 Å². The molecule has 0 amide bonds. The Kier molecular flexibility index (Phi) is 7.71. The fourth-order valence-electron chi connectivity index (χ4n) is 3.82. The first-order valence-corrected chi connectivity index (χ1v) is 14.2.